The lowest BCUT2D eigenvalue weighted by atomic mass is 10.1. The van der Waals surface area contributed by atoms with E-state index in [4.69, 9.17) is 23.2 Å². The van der Waals surface area contributed by atoms with E-state index in [-0.39, 0.29) is 11.9 Å². The maximum atomic E-state index is 11.9. The van der Waals surface area contributed by atoms with E-state index in [0.29, 0.717) is 13.1 Å². The fourth-order valence-corrected chi connectivity index (χ4v) is 2.45. The Kier molecular flexibility index (Phi) is 4.87. The highest BCUT2D eigenvalue weighted by atomic mass is 35.5. The summed E-state index contributed by atoms with van der Waals surface area (Å²) >= 11 is 11.3. The van der Waals surface area contributed by atoms with Crippen LogP contribution in [-0.4, -0.2) is 35.3 Å². The van der Waals surface area contributed by atoms with E-state index in [9.17, 15) is 4.79 Å². The molecule has 0 aromatic heterocycles. The van der Waals surface area contributed by atoms with Gasteiger partial charge in [0.1, 0.15) is 0 Å². The van der Waals surface area contributed by atoms with Gasteiger partial charge in [0.05, 0.1) is 0 Å². The van der Waals surface area contributed by atoms with Gasteiger partial charge in [-0.2, -0.15) is 0 Å². The second kappa shape index (κ2) is 6.41. The molecule has 0 aliphatic carbocycles. The maximum Gasteiger partial charge on any atom is 0.255 e. The third-order valence-electron chi connectivity index (χ3n) is 3.10. The van der Waals surface area contributed by atoms with E-state index in [1.165, 1.54) is 5.56 Å². The fourth-order valence-electron chi connectivity index (χ4n) is 2.17. The number of carbonyl (C=O) groups is 1. The number of halogens is 2. The molecule has 1 heterocycles. The lowest BCUT2D eigenvalue weighted by Crippen LogP contribution is -2.38. The van der Waals surface area contributed by atoms with Crippen molar-refractivity contribution in [1.29, 1.82) is 0 Å². The van der Waals surface area contributed by atoms with Crippen LogP contribution in [0.5, 0.6) is 0 Å². The molecule has 0 spiro atoms. The van der Waals surface area contributed by atoms with Crippen LogP contribution in [0.1, 0.15) is 18.0 Å². The minimum Gasteiger partial charge on any atom is -0.338 e. The molecule has 18 heavy (non-hydrogen) atoms. The molecule has 1 fully saturated rings. The molecule has 1 amide bonds. The second-order valence-corrected chi connectivity index (χ2v) is 5.45. The third kappa shape index (κ3) is 3.37. The molecular formula is C13H16Cl2N2O. The van der Waals surface area contributed by atoms with Gasteiger partial charge < -0.3 is 10.2 Å². The van der Waals surface area contributed by atoms with Crippen molar-refractivity contribution >= 4 is 29.1 Å². The van der Waals surface area contributed by atoms with Crippen LogP contribution in [0.2, 0.25) is 0 Å². The molecule has 1 aliphatic rings. The van der Waals surface area contributed by atoms with E-state index < -0.39 is 4.84 Å². The van der Waals surface area contributed by atoms with Gasteiger partial charge in [0.25, 0.3) is 5.91 Å². The Morgan fingerprint density at radius 3 is 2.72 bits per heavy atom. The number of alkyl halides is 2. The second-order valence-electron chi connectivity index (χ2n) is 4.36. The normalized spacial score (nSPS) is 20.8. The van der Waals surface area contributed by atoms with Crippen molar-refractivity contribution in [2.45, 2.75) is 17.3 Å². The van der Waals surface area contributed by atoms with E-state index >= 15 is 0 Å². The van der Waals surface area contributed by atoms with Crippen LogP contribution < -0.4 is 5.32 Å². The molecule has 0 radical (unpaired) electrons. The number of hydrogen-bond acceptors (Lipinski definition) is 2. The van der Waals surface area contributed by atoms with Gasteiger partial charge in [-0.3, -0.25) is 4.79 Å². The monoisotopic (exact) mass is 286 g/mol. The largest absolute Gasteiger partial charge is 0.338 e. The minimum absolute atomic E-state index is 0.143. The highest BCUT2D eigenvalue weighted by Gasteiger charge is 2.25. The highest BCUT2D eigenvalue weighted by molar-refractivity contribution is 6.53. The van der Waals surface area contributed by atoms with Crippen molar-refractivity contribution in [3.63, 3.8) is 0 Å². The number of nitrogens with zero attached hydrogens (tertiary/aromatic N) is 1. The summed E-state index contributed by atoms with van der Waals surface area (Å²) in [7, 11) is 0. The Morgan fingerprint density at radius 1 is 1.33 bits per heavy atom. The van der Waals surface area contributed by atoms with E-state index in [1.807, 2.05) is 18.2 Å². The van der Waals surface area contributed by atoms with E-state index in [0.717, 1.165) is 13.0 Å². The summed E-state index contributed by atoms with van der Waals surface area (Å²) < 4.78 is 0. The van der Waals surface area contributed by atoms with Gasteiger partial charge in [0.15, 0.2) is 4.84 Å². The van der Waals surface area contributed by atoms with Gasteiger partial charge >= 0.3 is 0 Å². The van der Waals surface area contributed by atoms with E-state index in [1.54, 1.807) is 4.90 Å². The zero-order valence-corrected chi connectivity index (χ0v) is 11.5. The van der Waals surface area contributed by atoms with Gasteiger partial charge in [-0.1, -0.05) is 53.5 Å². The minimum atomic E-state index is -0.973. The summed E-state index contributed by atoms with van der Waals surface area (Å²) in [6, 6.07) is 10.2. The molecule has 1 aliphatic heterocycles. The number of carbonyl (C=O) groups excluding carboxylic acids is 1. The topological polar surface area (TPSA) is 32.3 Å². The molecule has 5 heteroatoms. The summed E-state index contributed by atoms with van der Waals surface area (Å²) in [4.78, 5) is 12.6. The van der Waals surface area contributed by atoms with E-state index in [2.05, 4.69) is 17.4 Å². The van der Waals surface area contributed by atoms with Crippen LogP contribution in [0.4, 0.5) is 0 Å². The molecule has 1 aromatic carbocycles. The van der Waals surface area contributed by atoms with Crippen molar-refractivity contribution in [3.8, 4) is 0 Å². The zero-order valence-electron chi connectivity index (χ0n) is 9.98. The quantitative estimate of drug-likeness (QED) is 0.847. The van der Waals surface area contributed by atoms with Crippen molar-refractivity contribution in [1.82, 2.24) is 10.2 Å². The Labute approximate surface area is 117 Å². The smallest absolute Gasteiger partial charge is 0.255 e. The molecule has 3 nitrogen and oxygen atoms in total. The molecular weight excluding hydrogens is 271 g/mol. The molecule has 0 saturated carbocycles. The van der Waals surface area contributed by atoms with Crippen molar-refractivity contribution < 1.29 is 4.79 Å². The first-order valence-electron chi connectivity index (χ1n) is 6.04. The summed E-state index contributed by atoms with van der Waals surface area (Å²) in [5.74, 6) is -0.206. The maximum absolute atomic E-state index is 11.9. The number of amides is 1. The fraction of sp³-hybridized carbons (Fsp3) is 0.462. The van der Waals surface area contributed by atoms with Crippen LogP contribution in [-0.2, 0) is 4.79 Å². The highest BCUT2D eigenvalue weighted by Crippen LogP contribution is 2.18. The predicted molar refractivity (Wildman–Crippen MR) is 73.9 cm³/mol. The first-order valence-corrected chi connectivity index (χ1v) is 6.91. The molecule has 1 atom stereocenters. The molecule has 98 valence electrons. The molecule has 2 rings (SSSR count). The average molecular weight is 287 g/mol. The SMILES string of the molecule is O=C(C(Cl)Cl)N1CCCNC(c2ccccc2)C1. The Balaban J connectivity index is 2.10. The van der Waals surface area contributed by atoms with Gasteiger partial charge in [0.2, 0.25) is 0 Å². The van der Waals surface area contributed by atoms with Crippen LogP contribution in [0, 0.1) is 0 Å². The average Bonchev–Trinajstić information content (AvgIpc) is 2.64. The van der Waals surface area contributed by atoms with Crippen molar-refractivity contribution in [3.05, 3.63) is 35.9 Å². The summed E-state index contributed by atoms with van der Waals surface area (Å²) in [6.07, 6.45) is 0.912. The lowest BCUT2D eigenvalue weighted by molar-refractivity contribution is -0.129. The lowest BCUT2D eigenvalue weighted by Gasteiger charge is -2.25. The Bertz CT molecular complexity index is 397. The molecule has 1 unspecified atom stereocenters. The first kappa shape index (κ1) is 13.7. The van der Waals surface area contributed by atoms with Crippen molar-refractivity contribution in [2.24, 2.45) is 0 Å². The summed E-state index contributed by atoms with van der Waals surface area (Å²) in [6.45, 7) is 2.20. The molecule has 1 N–H and O–H groups in total. The zero-order chi connectivity index (χ0) is 13.0. The van der Waals surface area contributed by atoms with Gasteiger partial charge in [-0.25, -0.2) is 0 Å². The number of hydrogen-bond donors (Lipinski definition) is 1. The summed E-state index contributed by atoms with van der Waals surface area (Å²) in [5.41, 5.74) is 1.18. The molecule has 0 bridgehead atoms. The number of benzene rings is 1. The van der Waals surface area contributed by atoms with Gasteiger partial charge in [-0.05, 0) is 18.5 Å². The number of rotatable bonds is 2. The van der Waals surface area contributed by atoms with Crippen molar-refractivity contribution in [2.75, 3.05) is 19.6 Å². The Hall–Kier alpha value is -0.770. The van der Waals surface area contributed by atoms with Crippen LogP contribution in [0.15, 0.2) is 30.3 Å². The standard InChI is InChI=1S/C13H16Cl2N2O/c14-12(15)13(18)17-8-4-7-16-11(9-17)10-5-2-1-3-6-10/h1-3,5-6,11-12,16H,4,7-9H2. The van der Waals surface area contributed by atoms with Crippen LogP contribution in [0.25, 0.3) is 0 Å². The number of nitrogens with one attached hydrogen (secondary N) is 1. The summed E-state index contributed by atoms with van der Waals surface area (Å²) in [5, 5.41) is 3.44. The van der Waals surface area contributed by atoms with Crippen LogP contribution >= 0.6 is 23.2 Å². The third-order valence-corrected chi connectivity index (χ3v) is 3.47. The Morgan fingerprint density at radius 2 is 2.06 bits per heavy atom. The van der Waals surface area contributed by atoms with Gasteiger partial charge in [0, 0.05) is 19.1 Å². The first-order chi connectivity index (χ1) is 8.68. The molecule has 1 aromatic rings. The molecule has 1 saturated heterocycles. The van der Waals surface area contributed by atoms with Gasteiger partial charge in [-0.15, -0.1) is 0 Å². The van der Waals surface area contributed by atoms with Crippen LogP contribution in [0.3, 0.4) is 0 Å². The predicted octanol–water partition coefficient (Wildman–Crippen LogP) is 2.35.